The highest BCUT2D eigenvalue weighted by Crippen LogP contribution is 2.50. The summed E-state index contributed by atoms with van der Waals surface area (Å²) in [6.45, 7) is 0. The molecular formula is C7H12N2O2S. The maximum absolute atomic E-state index is 11.3. The largest absolute Gasteiger partial charge is 0.313 e. The highest BCUT2D eigenvalue weighted by molar-refractivity contribution is 7.91. The molecule has 0 aromatic rings. The van der Waals surface area contributed by atoms with Crippen LogP contribution >= 0.6 is 0 Å². The van der Waals surface area contributed by atoms with Crippen LogP contribution < -0.4 is 5.73 Å². The minimum atomic E-state index is -2.75. The van der Waals surface area contributed by atoms with Crippen molar-refractivity contribution in [3.63, 3.8) is 0 Å². The van der Waals surface area contributed by atoms with Crippen LogP contribution in [0.1, 0.15) is 12.8 Å². The van der Waals surface area contributed by atoms with E-state index in [-0.39, 0.29) is 17.7 Å². The topological polar surface area (TPSA) is 63.4 Å². The molecule has 3 aliphatic heterocycles. The number of nitrogens with zero attached hydrogens (tertiary/aromatic N) is 1. The SMILES string of the molecule is NC12CC3CS(=O)(=O)CC(C1)N32. The average Bonchev–Trinajstić information content (AvgIpc) is 1.79. The number of piperidine rings is 1. The standard InChI is InChI=1S/C7H12N2O2S/c8-7-1-5-3-12(10,11)4-6(2-7)9(5)7/h5-6H,1-4,8H2. The summed E-state index contributed by atoms with van der Waals surface area (Å²) in [6.07, 6.45) is 1.76. The van der Waals surface area contributed by atoms with Crippen LogP contribution in [0.25, 0.3) is 0 Å². The maximum atomic E-state index is 11.3. The van der Waals surface area contributed by atoms with Gasteiger partial charge in [0.2, 0.25) is 0 Å². The lowest BCUT2D eigenvalue weighted by molar-refractivity contribution is -0.185. The van der Waals surface area contributed by atoms with E-state index in [9.17, 15) is 8.42 Å². The maximum Gasteiger partial charge on any atom is 0.153 e. The van der Waals surface area contributed by atoms with Crippen LogP contribution in [0.4, 0.5) is 0 Å². The van der Waals surface area contributed by atoms with Crippen LogP contribution in [0.5, 0.6) is 0 Å². The zero-order valence-corrected chi connectivity index (χ0v) is 7.55. The molecule has 0 bridgehead atoms. The Morgan fingerprint density at radius 3 is 2.17 bits per heavy atom. The quantitative estimate of drug-likeness (QED) is 0.525. The second-order valence-electron chi connectivity index (χ2n) is 4.30. The van der Waals surface area contributed by atoms with Crippen molar-refractivity contribution in [3.05, 3.63) is 0 Å². The summed E-state index contributed by atoms with van der Waals surface area (Å²) in [7, 11) is -2.75. The smallest absolute Gasteiger partial charge is 0.153 e. The van der Waals surface area contributed by atoms with E-state index in [1.165, 1.54) is 0 Å². The summed E-state index contributed by atoms with van der Waals surface area (Å²) < 4.78 is 22.6. The van der Waals surface area contributed by atoms with Crippen molar-refractivity contribution in [1.29, 1.82) is 0 Å². The van der Waals surface area contributed by atoms with Crippen molar-refractivity contribution in [2.75, 3.05) is 11.5 Å². The third-order valence-electron chi connectivity index (χ3n) is 3.37. The molecule has 0 spiro atoms. The van der Waals surface area contributed by atoms with Crippen LogP contribution in [0, 0.1) is 0 Å². The molecule has 2 unspecified atom stereocenters. The number of hydrogen-bond donors (Lipinski definition) is 1. The summed E-state index contributed by atoms with van der Waals surface area (Å²) in [6, 6.07) is 0.486. The first-order chi connectivity index (χ1) is 5.50. The molecule has 0 aliphatic carbocycles. The Morgan fingerprint density at radius 2 is 1.75 bits per heavy atom. The first-order valence-electron chi connectivity index (χ1n) is 4.28. The lowest BCUT2D eigenvalue weighted by Crippen LogP contribution is -2.86. The van der Waals surface area contributed by atoms with E-state index in [1.807, 2.05) is 0 Å². The minimum Gasteiger partial charge on any atom is -0.313 e. The van der Waals surface area contributed by atoms with E-state index in [1.54, 1.807) is 0 Å². The van der Waals surface area contributed by atoms with E-state index in [4.69, 9.17) is 5.73 Å². The van der Waals surface area contributed by atoms with Gasteiger partial charge in [0.05, 0.1) is 17.2 Å². The number of hydrogen-bond acceptors (Lipinski definition) is 4. The normalized spacial score (nSPS) is 55.1. The second-order valence-corrected chi connectivity index (χ2v) is 6.46. The first kappa shape index (κ1) is 7.29. The van der Waals surface area contributed by atoms with Crippen LogP contribution in [-0.4, -0.2) is 42.6 Å². The molecule has 3 heterocycles. The van der Waals surface area contributed by atoms with Crippen LogP contribution in [0.15, 0.2) is 0 Å². The van der Waals surface area contributed by atoms with Gasteiger partial charge in [-0.3, -0.25) is 4.90 Å². The molecule has 12 heavy (non-hydrogen) atoms. The predicted octanol–water partition coefficient (Wildman–Crippen LogP) is -1.08. The van der Waals surface area contributed by atoms with E-state index < -0.39 is 9.84 Å². The van der Waals surface area contributed by atoms with Gasteiger partial charge in [0, 0.05) is 12.1 Å². The van der Waals surface area contributed by atoms with Gasteiger partial charge in [0.15, 0.2) is 9.84 Å². The molecule has 4 nitrogen and oxygen atoms in total. The number of sulfone groups is 1. The molecule has 0 radical (unpaired) electrons. The average molecular weight is 188 g/mol. The van der Waals surface area contributed by atoms with Gasteiger partial charge in [-0.25, -0.2) is 8.42 Å². The van der Waals surface area contributed by atoms with Crippen LogP contribution in [0.3, 0.4) is 0 Å². The molecule has 3 saturated heterocycles. The van der Waals surface area contributed by atoms with Crippen LogP contribution in [0.2, 0.25) is 0 Å². The Hall–Kier alpha value is -0.130. The fourth-order valence-electron chi connectivity index (χ4n) is 3.04. The van der Waals surface area contributed by atoms with Gasteiger partial charge in [-0.1, -0.05) is 0 Å². The highest BCUT2D eigenvalue weighted by atomic mass is 32.2. The summed E-state index contributed by atoms with van der Waals surface area (Å²) in [5, 5.41) is 0. The van der Waals surface area contributed by atoms with Gasteiger partial charge in [-0.2, -0.15) is 0 Å². The molecule has 0 saturated carbocycles. The zero-order chi connectivity index (χ0) is 8.56. The van der Waals surface area contributed by atoms with Gasteiger partial charge in [0.25, 0.3) is 0 Å². The summed E-state index contributed by atoms with van der Waals surface area (Å²) in [4.78, 5) is 2.19. The van der Waals surface area contributed by atoms with Crippen molar-refractivity contribution in [1.82, 2.24) is 4.90 Å². The second kappa shape index (κ2) is 1.71. The Balaban J connectivity index is 1.92. The number of rotatable bonds is 0. The van der Waals surface area contributed by atoms with E-state index in [0.29, 0.717) is 11.5 Å². The Labute approximate surface area is 71.6 Å². The summed E-state index contributed by atoms with van der Waals surface area (Å²) >= 11 is 0. The molecule has 0 aromatic heterocycles. The van der Waals surface area contributed by atoms with Gasteiger partial charge >= 0.3 is 0 Å². The molecule has 5 heteroatoms. The molecule has 3 aliphatic rings. The van der Waals surface area contributed by atoms with Crippen molar-refractivity contribution in [2.24, 2.45) is 5.73 Å². The zero-order valence-electron chi connectivity index (χ0n) is 6.73. The third kappa shape index (κ3) is 0.677. The third-order valence-corrected chi connectivity index (χ3v) is 5.16. The molecular weight excluding hydrogens is 176 g/mol. The lowest BCUT2D eigenvalue weighted by Gasteiger charge is -2.70. The molecule has 68 valence electrons. The van der Waals surface area contributed by atoms with Crippen molar-refractivity contribution in [3.8, 4) is 0 Å². The monoisotopic (exact) mass is 188 g/mol. The lowest BCUT2D eigenvalue weighted by atomic mass is 9.72. The number of nitrogens with two attached hydrogens (primary N) is 1. The van der Waals surface area contributed by atoms with E-state index in [0.717, 1.165) is 12.8 Å². The Morgan fingerprint density at radius 1 is 1.25 bits per heavy atom. The fourth-order valence-corrected chi connectivity index (χ4v) is 4.91. The fraction of sp³-hybridized carbons (Fsp3) is 1.00. The molecule has 3 fully saturated rings. The van der Waals surface area contributed by atoms with Crippen molar-refractivity contribution in [2.45, 2.75) is 30.6 Å². The predicted molar refractivity (Wildman–Crippen MR) is 44.2 cm³/mol. The molecule has 2 atom stereocenters. The van der Waals surface area contributed by atoms with Gasteiger partial charge in [-0.05, 0) is 12.8 Å². The first-order valence-corrected chi connectivity index (χ1v) is 6.10. The highest BCUT2D eigenvalue weighted by Gasteiger charge is 2.64. The molecule has 0 aromatic carbocycles. The van der Waals surface area contributed by atoms with Crippen LogP contribution in [-0.2, 0) is 9.84 Å². The van der Waals surface area contributed by atoms with E-state index >= 15 is 0 Å². The summed E-state index contributed by atoms with van der Waals surface area (Å²) in [5.41, 5.74) is 5.86. The van der Waals surface area contributed by atoms with Crippen molar-refractivity contribution >= 4 is 9.84 Å². The van der Waals surface area contributed by atoms with E-state index in [2.05, 4.69) is 4.90 Å². The minimum absolute atomic E-state index is 0.106. The molecule has 2 N–H and O–H groups in total. The van der Waals surface area contributed by atoms with Gasteiger partial charge < -0.3 is 5.73 Å². The Bertz CT molecular complexity index is 315. The molecule has 3 rings (SSSR count). The van der Waals surface area contributed by atoms with Gasteiger partial charge in [-0.15, -0.1) is 0 Å². The summed E-state index contributed by atoms with van der Waals surface area (Å²) in [5.74, 6) is 0.672. The van der Waals surface area contributed by atoms with Crippen molar-refractivity contribution < 1.29 is 8.42 Å². The Kier molecular flexibility index (Phi) is 1.04. The van der Waals surface area contributed by atoms with Gasteiger partial charge in [0.1, 0.15) is 0 Å². The molecule has 0 amide bonds.